The molecule has 0 aliphatic carbocycles. The number of nitrogens with one attached hydrogen (secondary N) is 2. The number of benzene rings is 3. The van der Waals surface area contributed by atoms with Gasteiger partial charge < -0.3 is 4.74 Å². The molecule has 0 aliphatic rings. The van der Waals surface area contributed by atoms with Gasteiger partial charge >= 0.3 is 0 Å². The molecule has 5 nitrogen and oxygen atoms in total. The van der Waals surface area contributed by atoms with Crippen molar-refractivity contribution in [3.63, 3.8) is 0 Å². The highest BCUT2D eigenvalue weighted by Crippen LogP contribution is 2.32. The first-order valence-electron chi connectivity index (χ1n) is 7.79. The maximum Gasteiger partial charge on any atom is 0.276 e. The predicted octanol–water partition coefficient (Wildman–Crippen LogP) is 4.75. The van der Waals surface area contributed by atoms with Gasteiger partial charge in [-0.1, -0.05) is 53.5 Å². The van der Waals surface area contributed by atoms with Crippen LogP contribution in [0.25, 0.3) is 10.8 Å². The highest BCUT2D eigenvalue weighted by molar-refractivity contribution is 9.10. The maximum atomic E-state index is 12.0. The van der Waals surface area contributed by atoms with Crippen molar-refractivity contribution in [2.45, 2.75) is 0 Å². The second-order valence-corrected chi connectivity index (χ2v) is 7.21. The van der Waals surface area contributed by atoms with Gasteiger partial charge in [0, 0.05) is 15.6 Å². The van der Waals surface area contributed by atoms with E-state index in [1.54, 1.807) is 6.07 Å². The van der Waals surface area contributed by atoms with Crippen LogP contribution in [0.15, 0.2) is 59.1 Å². The average molecular weight is 468 g/mol. The van der Waals surface area contributed by atoms with E-state index in [-0.39, 0.29) is 12.2 Å². The van der Waals surface area contributed by atoms with Crippen molar-refractivity contribution in [1.82, 2.24) is 10.9 Å². The molecule has 0 saturated heterocycles. The average Bonchev–Trinajstić information content (AvgIpc) is 2.65. The van der Waals surface area contributed by atoms with Crippen molar-refractivity contribution in [1.29, 1.82) is 0 Å². The number of fused-ring (bicyclic) bond motifs is 1. The lowest BCUT2D eigenvalue weighted by atomic mass is 10.1. The fourth-order valence-electron chi connectivity index (χ4n) is 2.39. The molecule has 2 N–H and O–H groups in total. The minimum atomic E-state index is -0.542. The molecule has 0 heterocycles. The Labute approximate surface area is 173 Å². The summed E-state index contributed by atoms with van der Waals surface area (Å²) in [5.41, 5.74) is 4.80. The van der Waals surface area contributed by atoms with Gasteiger partial charge in [-0.15, -0.1) is 0 Å². The van der Waals surface area contributed by atoms with Crippen molar-refractivity contribution >= 4 is 61.7 Å². The molecule has 2 amide bonds. The molecular formula is C19H13BrCl2N2O3. The minimum Gasteiger partial charge on any atom is -0.483 e. The maximum absolute atomic E-state index is 12.0. The zero-order valence-electron chi connectivity index (χ0n) is 13.8. The SMILES string of the molecule is O=C(COc1ccc2ccccc2c1Br)NNC(=O)c1cc(Cl)cc(Cl)c1. The van der Waals surface area contributed by atoms with E-state index in [0.29, 0.717) is 15.8 Å². The molecule has 0 bridgehead atoms. The number of carbonyl (C=O) groups is 2. The Hall–Kier alpha value is -2.28. The second-order valence-electron chi connectivity index (χ2n) is 5.55. The van der Waals surface area contributed by atoms with Crippen LogP contribution in [0.3, 0.4) is 0 Å². The van der Waals surface area contributed by atoms with Crippen LogP contribution in [0, 0.1) is 0 Å². The first kappa shape index (κ1) is 19.5. The fourth-order valence-corrected chi connectivity index (χ4v) is 3.52. The third-order valence-corrected chi connectivity index (χ3v) is 4.88. The third-order valence-electron chi connectivity index (χ3n) is 3.63. The van der Waals surface area contributed by atoms with Crippen LogP contribution in [0.4, 0.5) is 0 Å². The largest absolute Gasteiger partial charge is 0.483 e. The van der Waals surface area contributed by atoms with Crippen LogP contribution in [0.2, 0.25) is 10.0 Å². The number of rotatable bonds is 4. The Morgan fingerprint density at radius 1 is 0.963 bits per heavy atom. The van der Waals surface area contributed by atoms with Gasteiger partial charge in [0.25, 0.3) is 11.8 Å². The van der Waals surface area contributed by atoms with E-state index in [1.165, 1.54) is 18.2 Å². The van der Waals surface area contributed by atoms with Crippen molar-refractivity contribution < 1.29 is 14.3 Å². The molecule has 27 heavy (non-hydrogen) atoms. The van der Waals surface area contributed by atoms with Gasteiger partial charge in [0.2, 0.25) is 0 Å². The lowest BCUT2D eigenvalue weighted by Gasteiger charge is -2.11. The van der Waals surface area contributed by atoms with E-state index in [0.717, 1.165) is 15.2 Å². The van der Waals surface area contributed by atoms with Gasteiger partial charge in [-0.05, 0) is 51.0 Å². The molecule has 0 atom stereocenters. The standard InChI is InChI=1S/C19H13BrCl2N2O3/c20-18-15-4-2-1-3-11(15)5-6-16(18)27-10-17(25)23-24-19(26)12-7-13(21)9-14(22)8-12/h1-9H,10H2,(H,23,25)(H,24,26). The molecule has 3 aromatic rings. The molecule has 0 radical (unpaired) electrons. The van der Waals surface area contributed by atoms with Gasteiger partial charge in [-0.3, -0.25) is 20.4 Å². The molecule has 3 aromatic carbocycles. The Balaban J connectivity index is 1.57. The monoisotopic (exact) mass is 466 g/mol. The zero-order chi connectivity index (χ0) is 19.4. The van der Waals surface area contributed by atoms with E-state index < -0.39 is 11.8 Å². The third kappa shape index (κ3) is 4.91. The molecule has 0 spiro atoms. The van der Waals surface area contributed by atoms with Crippen molar-refractivity contribution in [3.8, 4) is 5.75 Å². The Bertz CT molecular complexity index is 1010. The van der Waals surface area contributed by atoms with Crippen LogP contribution in [0.5, 0.6) is 5.75 Å². The molecule has 0 aliphatic heterocycles. The number of amides is 2. The molecule has 8 heteroatoms. The molecule has 0 aromatic heterocycles. The number of ether oxygens (including phenoxy) is 1. The van der Waals surface area contributed by atoms with Crippen molar-refractivity contribution in [2.24, 2.45) is 0 Å². The first-order valence-corrected chi connectivity index (χ1v) is 9.34. The quantitative estimate of drug-likeness (QED) is 0.544. The summed E-state index contributed by atoms with van der Waals surface area (Å²) in [5, 5.41) is 2.67. The molecule has 138 valence electrons. The van der Waals surface area contributed by atoms with Gasteiger partial charge in [0.15, 0.2) is 6.61 Å². The topological polar surface area (TPSA) is 67.4 Å². The van der Waals surface area contributed by atoms with Crippen LogP contribution in [-0.2, 0) is 4.79 Å². The molecule has 0 unspecified atom stereocenters. The smallest absolute Gasteiger partial charge is 0.276 e. The highest BCUT2D eigenvalue weighted by Gasteiger charge is 2.11. The number of hydrogen-bond donors (Lipinski definition) is 2. The summed E-state index contributed by atoms with van der Waals surface area (Å²) in [4.78, 5) is 24.0. The summed E-state index contributed by atoms with van der Waals surface area (Å²) in [6, 6.07) is 15.9. The minimum absolute atomic E-state index is 0.228. The van der Waals surface area contributed by atoms with E-state index in [9.17, 15) is 9.59 Å². The van der Waals surface area contributed by atoms with Crippen LogP contribution in [0.1, 0.15) is 10.4 Å². The van der Waals surface area contributed by atoms with Gasteiger partial charge in [-0.25, -0.2) is 0 Å². The van der Waals surface area contributed by atoms with E-state index in [2.05, 4.69) is 26.8 Å². The number of hydrogen-bond acceptors (Lipinski definition) is 3. The Kier molecular flexibility index (Phi) is 6.21. The van der Waals surface area contributed by atoms with Gasteiger partial charge in [0.05, 0.1) is 4.47 Å². The number of hydrazine groups is 1. The molecular weight excluding hydrogens is 455 g/mol. The van der Waals surface area contributed by atoms with Crippen LogP contribution < -0.4 is 15.6 Å². The van der Waals surface area contributed by atoms with Crippen molar-refractivity contribution in [3.05, 3.63) is 74.7 Å². The predicted molar refractivity (Wildman–Crippen MR) is 109 cm³/mol. The summed E-state index contributed by atoms with van der Waals surface area (Å²) >= 11 is 15.2. The molecule has 0 saturated carbocycles. The molecule has 0 fully saturated rings. The number of carbonyl (C=O) groups excluding carboxylic acids is 2. The first-order chi connectivity index (χ1) is 12.9. The summed E-state index contributed by atoms with van der Waals surface area (Å²) in [5.74, 6) is -0.534. The van der Waals surface area contributed by atoms with Crippen LogP contribution in [-0.4, -0.2) is 18.4 Å². The van der Waals surface area contributed by atoms with E-state index in [4.69, 9.17) is 27.9 Å². The van der Waals surface area contributed by atoms with E-state index >= 15 is 0 Å². The second kappa shape index (κ2) is 8.61. The lowest BCUT2D eigenvalue weighted by Crippen LogP contribution is -2.43. The normalized spacial score (nSPS) is 10.5. The Morgan fingerprint density at radius 3 is 2.41 bits per heavy atom. The lowest BCUT2D eigenvalue weighted by molar-refractivity contribution is -0.123. The van der Waals surface area contributed by atoms with E-state index in [1.807, 2.05) is 30.3 Å². The van der Waals surface area contributed by atoms with Crippen LogP contribution >= 0.6 is 39.1 Å². The van der Waals surface area contributed by atoms with Gasteiger partial charge in [0.1, 0.15) is 5.75 Å². The summed E-state index contributed by atoms with van der Waals surface area (Å²) in [7, 11) is 0. The summed E-state index contributed by atoms with van der Waals surface area (Å²) < 4.78 is 6.29. The van der Waals surface area contributed by atoms with Crippen molar-refractivity contribution in [2.75, 3.05) is 6.61 Å². The number of halogens is 3. The summed E-state index contributed by atoms with van der Waals surface area (Å²) in [6.07, 6.45) is 0. The fraction of sp³-hybridized carbons (Fsp3) is 0.0526. The Morgan fingerprint density at radius 2 is 1.67 bits per heavy atom. The molecule has 3 rings (SSSR count). The summed E-state index contributed by atoms with van der Waals surface area (Å²) in [6.45, 7) is -0.270. The zero-order valence-corrected chi connectivity index (χ0v) is 16.9. The van der Waals surface area contributed by atoms with Gasteiger partial charge in [-0.2, -0.15) is 0 Å². The highest BCUT2D eigenvalue weighted by atomic mass is 79.9.